The topological polar surface area (TPSA) is 66.5 Å². The summed E-state index contributed by atoms with van der Waals surface area (Å²) in [5.41, 5.74) is 0.627. The molecule has 0 spiro atoms. The number of carbonyl (C=O) groups is 1. The Kier molecular flexibility index (Phi) is 6.65. The lowest BCUT2D eigenvalue weighted by Crippen LogP contribution is -2.44. The van der Waals surface area contributed by atoms with E-state index in [2.05, 4.69) is 37.2 Å². The van der Waals surface area contributed by atoms with Gasteiger partial charge in [0.05, 0.1) is 11.4 Å². The fraction of sp³-hybridized carbons (Fsp3) is 0.533. The van der Waals surface area contributed by atoms with Crippen LogP contribution in [0, 0.1) is 0 Å². The Balaban J connectivity index is 2.13. The van der Waals surface area contributed by atoms with Gasteiger partial charge in [-0.1, -0.05) is 29.3 Å². The molecule has 1 atom stereocenters. The monoisotopic (exact) mass is 466 g/mol. The maximum absolute atomic E-state index is 12.6. The van der Waals surface area contributed by atoms with Crippen molar-refractivity contribution in [3.05, 3.63) is 27.1 Å². The second-order valence-corrected chi connectivity index (χ2v) is 9.36. The lowest BCUT2D eigenvalue weighted by molar-refractivity contribution is -0.119. The summed E-state index contributed by atoms with van der Waals surface area (Å²) in [5.74, 6) is -0.171. The Labute approximate surface area is 154 Å². The number of nitrogens with zero attached hydrogens (tertiary/aromatic N) is 1. The molecule has 1 heterocycles. The smallest absolute Gasteiger partial charge is 0.242 e. The summed E-state index contributed by atoms with van der Waals surface area (Å²) in [6.07, 6.45) is 2.70. The second-order valence-electron chi connectivity index (χ2n) is 5.55. The summed E-state index contributed by atoms with van der Waals surface area (Å²) in [6.45, 7) is 2.37. The molecule has 8 heteroatoms. The third-order valence-electron chi connectivity index (χ3n) is 3.81. The quantitative estimate of drug-likeness (QED) is 0.692. The van der Waals surface area contributed by atoms with E-state index in [9.17, 15) is 13.2 Å². The van der Waals surface area contributed by atoms with Crippen LogP contribution >= 0.6 is 31.9 Å². The van der Waals surface area contributed by atoms with E-state index in [4.69, 9.17) is 0 Å². The first-order chi connectivity index (χ1) is 10.8. The largest absolute Gasteiger partial charge is 0.324 e. The number of hydrogen-bond acceptors (Lipinski definition) is 3. The van der Waals surface area contributed by atoms with E-state index >= 15 is 0 Å². The molecule has 128 valence electrons. The number of anilines is 1. The Morgan fingerprint density at radius 2 is 2.13 bits per heavy atom. The van der Waals surface area contributed by atoms with Crippen LogP contribution in [0.4, 0.5) is 5.69 Å². The molecule has 0 radical (unpaired) electrons. The van der Waals surface area contributed by atoms with Crippen LogP contribution in [0.25, 0.3) is 0 Å². The summed E-state index contributed by atoms with van der Waals surface area (Å²) in [4.78, 5) is 12.6. The van der Waals surface area contributed by atoms with Crippen LogP contribution in [-0.4, -0.2) is 37.0 Å². The van der Waals surface area contributed by atoms with Gasteiger partial charge in [-0.15, -0.1) is 0 Å². The van der Waals surface area contributed by atoms with Gasteiger partial charge in [0, 0.05) is 15.5 Å². The number of benzene rings is 1. The van der Waals surface area contributed by atoms with E-state index in [-0.39, 0.29) is 11.7 Å². The van der Waals surface area contributed by atoms with Crippen molar-refractivity contribution in [1.82, 2.24) is 4.31 Å². The van der Waals surface area contributed by atoms with Crippen molar-refractivity contribution in [2.45, 2.75) is 38.6 Å². The number of amides is 1. The van der Waals surface area contributed by atoms with Crippen molar-refractivity contribution in [3.8, 4) is 0 Å². The zero-order valence-electron chi connectivity index (χ0n) is 12.9. The molecule has 1 saturated heterocycles. The van der Waals surface area contributed by atoms with Crippen molar-refractivity contribution in [2.24, 2.45) is 0 Å². The normalized spacial score (nSPS) is 19.0. The van der Waals surface area contributed by atoms with Crippen LogP contribution in [0.1, 0.15) is 32.6 Å². The highest BCUT2D eigenvalue weighted by atomic mass is 79.9. The van der Waals surface area contributed by atoms with Gasteiger partial charge in [-0.2, -0.15) is 4.31 Å². The Morgan fingerprint density at radius 3 is 2.83 bits per heavy atom. The van der Waals surface area contributed by atoms with Gasteiger partial charge in [0.2, 0.25) is 15.9 Å². The highest BCUT2D eigenvalue weighted by molar-refractivity contribution is 9.11. The molecule has 1 aromatic carbocycles. The van der Waals surface area contributed by atoms with Crippen LogP contribution in [-0.2, 0) is 14.8 Å². The van der Waals surface area contributed by atoms with Crippen LogP contribution in [0.3, 0.4) is 0 Å². The van der Waals surface area contributed by atoms with Gasteiger partial charge in [-0.3, -0.25) is 4.79 Å². The van der Waals surface area contributed by atoms with Gasteiger partial charge < -0.3 is 5.32 Å². The Morgan fingerprint density at radius 1 is 1.39 bits per heavy atom. The van der Waals surface area contributed by atoms with E-state index in [0.29, 0.717) is 31.5 Å². The van der Waals surface area contributed by atoms with Gasteiger partial charge in [-0.25, -0.2) is 8.42 Å². The molecule has 0 aliphatic carbocycles. The Bertz CT molecular complexity index is 679. The molecule has 1 aliphatic rings. The van der Waals surface area contributed by atoms with Crippen LogP contribution in [0.2, 0.25) is 0 Å². The lowest BCUT2D eigenvalue weighted by Gasteiger charge is -2.23. The average Bonchev–Trinajstić information content (AvgIpc) is 2.99. The molecule has 0 saturated carbocycles. The zero-order valence-corrected chi connectivity index (χ0v) is 16.9. The minimum absolute atomic E-state index is 0.105. The van der Waals surface area contributed by atoms with Gasteiger partial charge in [0.1, 0.15) is 6.04 Å². The highest BCUT2D eigenvalue weighted by Crippen LogP contribution is 2.28. The van der Waals surface area contributed by atoms with Gasteiger partial charge in [0.25, 0.3) is 0 Å². The van der Waals surface area contributed by atoms with Crippen LogP contribution in [0.15, 0.2) is 27.1 Å². The van der Waals surface area contributed by atoms with Crippen LogP contribution < -0.4 is 5.32 Å². The van der Waals surface area contributed by atoms with Gasteiger partial charge >= 0.3 is 0 Å². The van der Waals surface area contributed by atoms with E-state index in [1.54, 1.807) is 6.07 Å². The third-order valence-corrected chi connectivity index (χ3v) is 6.95. The van der Waals surface area contributed by atoms with Crippen molar-refractivity contribution >= 4 is 53.5 Å². The van der Waals surface area contributed by atoms with E-state index < -0.39 is 16.1 Å². The summed E-state index contributed by atoms with van der Waals surface area (Å²) in [6, 6.07) is 4.84. The number of halogens is 2. The molecule has 1 amide bonds. The van der Waals surface area contributed by atoms with E-state index in [0.717, 1.165) is 15.4 Å². The molecular weight excluding hydrogens is 448 g/mol. The molecule has 1 aliphatic heterocycles. The summed E-state index contributed by atoms with van der Waals surface area (Å²) in [5, 5.41) is 2.83. The summed E-state index contributed by atoms with van der Waals surface area (Å²) in [7, 11) is -3.38. The molecule has 2 rings (SSSR count). The minimum Gasteiger partial charge on any atom is -0.324 e. The number of nitrogens with one attached hydrogen (secondary N) is 1. The van der Waals surface area contributed by atoms with Crippen molar-refractivity contribution < 1.29 is 13.2 Å². The first kappa shape index (κ1) is 18.9. The fourth-order valence-corrected chi connectivity index (χ4v) is 5.18. The van der Waals surface area contributed by atoms with E-state index in [1.165, 1.54) is 4.31 Å². The maximum atomic E-state index is 12.6. The molecule has 1 aromatic rings. The first-order valence-corrected chi connectivity index (χ1v) is 10.8. The van der Waals surface area contributed by atoms with Crippen molar-refractivity contribution in [3.63, 3.8) is 0 Å². The van der Waals surface area contributed by atoms with Gasteiger partial charge in [-0.05, 0) is 53.4 Å². The van der Waals surface area contributed by atoms with Gasteiger partial charge in [0.15, 0.2) is 0 Å². The zero-order chi connectivity index (χ0) is 17.0. The summed E-state index contributed by atoms with van der Waals surface area (Å²) < 4.78 is 27.8. The number of rotatable bonds is 6. The molecule has 1 unspecified atom stereocenters. The highest BCUT2D eigenvalue weighted by Gasteiger charge is 2.38. The molecule has 0 aromatic heterocycles. The third kappa shape index (κ3) is 4.78. The number of sulfonamides is 1. The standard InChI is InChI=1S/C15H20Br2N2O3S/c1-2-3-9-23(21,22)19-8-4-5-14(19)15(20)18-13-10-11(16)6-7-12(13)17/h6-7,10,14H,2-5,8-9H2,1H3,(H,18,20). The fourth-order valence-electron chi connectivity index (χ4n) is 2.59. The van der Waals surface area contributed by atoms with Crippen molar-refractivity contribution in [2.75, 3.05) is 17.6 Å². The molecule has 1 N–H and O–H groups in total. The molecule has 23 heavy (non-hydrogen) atoms. The predicted molar refractivity (Wildman–Crippen MR) is 98.9 cm³/mol. The van der Waals surface area contributed by atoms with Crippen molar-refractivity contribution in [1.29, 1.82) is 0 Å². The Hall–Kier alpha value is -0.440. The molecule has 0 bridgehead atoms. The molecule has 5 nitrogen and oxygen atoms in total. The number of hydrogen-bond donors (Lipinski definition) is 1. The number of carbonyl (C=O) groups excluding carboxylic acids is 1. The molecule has 1 fully saturated rings. The SMILES string of the molecule is CCCCS(=O)(=O)N1CCCC1C(=O)Nc1cc(Br)ccc1Br. The molecular formula is C15H20Br2N2O3S. The van der Waals surface area contributed by atoms with E-state index in [1.807, 2.05) is 19.1 Å². The minimum atomic E-state index is -3.38. The number of unbranched alkanes of at least 4 members (excludes halogenated alkanes) is 1. The van der Waals surface area contributed by atoms with Crippen LogP contribution in [0.5, 0.6) is 0 Å². The summed E-state index contributed by atoms with van der Waals surface area (Å²) >= 11 is 6.75. The lowest BCUT2D eigenvalue weighted by atomic mass is 10.2. The first-order valence-electron chi connectivity index (χ1n) is 7.60. The maximum Gasteiger partial charge on any atom is 0.242 e. The second kappa shape index (κ2) is 8.09. The predicted octanol–water partition coefficient (Wildman–Crippen LogP) is 3.74. The average molecular weight is 468 g/mol.